The second kappa shape index (κ2) is 8.00. The van der Waals surface area contributed by atoms with Gasteiger partial charge in [0.1, 0.15) is 6.04 Å². The van der Waals surface area contributed by atoms with E-state index in [1.807, 2.05) is 37.3 Å². The van der Waals surface area contributed by atoms with Crippen molar-refractivity contribution in [2.45, 2.75) is 51.1 Å². The molecule has 2 N–H and O–H groups in total. The van der Waals surface area contributed by atoms with Gasteiger partial charge in [0.25, 0.3) is 0 Å². The van der Waals surface area contributed by atoms with Crippen LogP contribution in [0.25, 0.3) is 11.1 Å². The minimum atomic E-state index is -0.227. The van der Waals surface area contributed by atoms with Crippen LogP contribution in [-0.2, 0) is 4.79 Å². The fraction of sp³-hybridized carbons (Fsp3) is 0.381. The topological polar surface area (TPSA) is 41.1 Å². The van der Waals surface area contributed by atoms with E-state index in [0.29, 0.717) is 6.04 Å². The minimum absolute atomic E-state index is 0.0917. The van der Waals surface area contributed by atoms with Gasteiger partial charge in [0.2, 0.25) is 5.91 Å². The van der Waals surface area contributed by atoms with Gasteiger partial charge in [0.05, 0.1) is 0 Å². The molecule has 0 radical (unpaired) electrons. The van der Waals surface area contributed by atoms with Crippen molar-refractivity contribution in [2.24, 2.45) is 0 Å². The fourth-order valence-corrected chi connectivity index (χ4v) is 3.28. The average Bonchev–Trinajstić information content (AvgIpc) is 2.64. The largest absolute Gasteiger partial charge is 0.374 e. The highest BCUT2D eigenvalue weighted by Gasteiger charge is 2.19. The van der Waals surface area contributed by atoms with E-state index in [0.717, 1.165) is 18.5 Å². The minimum Gasteiger partial charge on any atom is -0.374 e. The van der Waals surface area contributed by atoms with Crippen molar-refractivity contribution in [3.63, 3.8) is 0 Å². The van der Waals surface area contributed by atoms with Crippen molar-refractivity contribution in [1.82, 2.24) is 5.32 Å². The molecule has 0 spiro atoms. The summed E-state index contributed by atoms with van der Waals surface area (Å²) in [5.41, 5.74) is 3.36. The molecule has 2 aromatic carbocycles. The van der Waals surface area contributed by atoms with Gasteiger partial charge in [-0.15, -0.1) is 0 Å². The first kappa shape index (κ1) is 16.6. The van der Waals surface area contributed by atoms with Crippen LogP contribution in [0.15, 0.2) is 54.6 Å². The van der Waals surface area contributed by atoms with Gasteiger partial charge >= 0.3 is 0 Å². The van der Waals surface area contributed by atoms with Gasteiger partial charge in [0.15, 0.2) is 0 Å². The maximum absolute atomic E-state index is 12.3. The van der Waals surface area contributed by atoms with E-state index < -0.39 is 0 Å². The predicted molar refractivity (Wildman–Crippen MR) is 100.0 cm³/mol. The highest BCUT2D eigenvalue weighted by Crippen LogP contribution is 2.21. The number of benzene rings is 2. The molecule has 3 heteroatoms. The zero-order valence-electron chi connectivity index (χ0n) is 14.3. The first-order chi connectivity index (χ1) is 11.7. The number of nitrogens with one attached hydrogen (secondary N) is 2. The number of hydrogen-bond donors (Lipinski definition) is 2. The summed E-state index contributed by atoms with van der Waals surface area (Å²) in [6, 6.07) is 18.7. The van der Waals surface area contributed by atoms with Gasteiger partial charge in [-0.3, -0.25) is 4.79 Å². The van der Waals surface area contributed by atoms with Crippen LogP contribution >= 0.6 is 0 Å². The van der Waals surface area contributed by atoms with Crippen molar-refractivity contribution in [3.8, 4) is 11.1 Å². The fourth-order valence-electron chi connectivity index (χ4n) is 3.28. The van der Waals surface area contributed by atoms with E-state index in [-0.39, 0.29) is 11.9 Å². The number of hydrogen-bond acceptors (Lipinski definition) is 2. The summed E-state index contributed by atoms with van der Waals surface area (Å²) < 4.78 is 0. The zero-order chi connectivity index (χ0) is 16.8. The molecule has 0 heterocycles. The lowest BCUT2D eigenvalue weighted by Crippen LogP contribution is -2.43. The molecule has 1 atom stereocenters. The summed E-state index contributed by atoms with van der Waals surface area (Å²) in [6.45, 7) is 1.92. The van der Waals surface area contributed by atoms with E-state index in [9.17, 15) is 4.79 Å². The molecule has 1 fully saturated rings. The second-order valence-electron chi connectivity index (χ2n) is 6.65. The Labute approximate surface area is 144 Å². The molecule has 1 aliphatic rings. The molecule has 3 nitrogen and oxygen atoms in total. The number of anilines is 1. The van der Waals surface area contributed by atoms with Crippen LogP contribution in [0.5, 0.6) is 0 Å². The number of carbonyl (C=O) groups is 1. The van der Waals surface area contributed by atoms with Gasteiger partial charge in [-0.05, 0) is 43.0 Å². The average molecular weight is 322 g/mol. The summed E-state index contributed by atoms with van der Waals surface area (Å²) in [5, 5.41) is 6.47. The molecule has 1 amide bonds. The molecule has 1 saturated carbocycles. The van der Waals surface area contributed by atoms with Gasteiger partial charge in [0, 0.05) is 11.7 Å². The summed E-state index contributed by atoms with van der Waals surface area (Å²) in [7, 11) is 0. The third kappa shape index (κ3) is 4.38. The van der Waals surface area contributed by atoms with Crippen LogP contribution in [0.2, 0.25) is 0 Å². The molecule has 0 bridgehead atoms. The van der Waals surface area contributed by atoms with Crippen molar-refractivity contribution >= 4 is 11.6 Å². The first-order valence-electron chi connectivity index (χ1n) is 8.95. The van der Waals surface area contributed by atoms with Crippen LogP contribution < -0.4 is 10.6 Å². The molecule has 1 aliphatic carbocycles. The highest BCUT2D eigenvalue weighted by atomic mass is 16.2. The molecule has 126 valence electrons. The van der Waals surface area contributed by atoms with E-state index >= 15 is 0 Å². The smallest absolute Gasteiger partial charge is 0.242 e. The monoisotopic (exact) mass is 322 g/mol. The Hall–Kier alpha value is -2.29. The van der Waals surface area contributed by atoms with Crippen LogP contribution in [-0.4, -0.2) is 18.0 Å². The number of carbonyl (C=O) groups excluding carboxylic acids is 1. The van der Waals surface area contributed by atoms with E-state index in [4.69, 9.17) is 0 Å². The molecule has 0 aliphatic heterocycles. The van der Waals surface area contributed by atoms with Crippen molar-refractivity contribution in [3.05, 3.63) is 54.6 Å². The third-order valence-electron chi connectivity index (χ3n) is 4.72. The second-order valence-corrected chi connectivity index (χ2v) is 6.65. The highest BCUT2D eigenvalue weighted by molar-refractivity contribution is 5.84. The SMILES string of the molecule is CC(Nc1ccc(-c2ccccc2)cc1)C(=O)NC1CCCCC1. The Kier molecular flexibility index (Phi) is 5.52. The Morgan fingerprint density at radius 2 is 1.54 bits per heavy atom. The Morgan fingerprint density at radius 3 is 2.21 bits per heavy atom. The predicted octanol–water partition coefficient (Wildman–Crippen LogP) is 4.60. The lowest BCUT2D eigenvalue weighted by atomic mass is 9.95. The van der Waals surface area contributed by atoms with Crippen LogP contribution in [0.4, 0.5) is 5.69 Å². The lowest BCUT2D eigenvalue weighted by molar-refractivity contribution is -0.122. The maximum atomic E-state index is 12.3. The normalized spacial score (nSPS) is 16.4. The van der Waals surface area contributed by atoms with Crippen LogP contribution in [0.1, 0.15) is 39.0 Å². The van der Waals surface area contributed by atoms with E-state index in [1.165, 1.54) is 30.4 Å². The molecule has 0 saturated heterocycles. The summed E-state index contributed by atoms with van der Waals surface area (Å²) in [4.78, 5) is 12.3. The molecule has 24 heavy (non-hydrogen) atoms. The molecule has 2 aromatic rings. The van der Waals surface area contributed by atoms with Crippen molar-refractivity contribution in [1.29, 1.82) is 0 Å². The van der Waals surface area contributed by atoms with Gasteiger partial charge in [-0.1, -0.05) is 61.7 Å². The Bertz CT molecular complexity index is 645. The standard InChI is InChI=1S/C21H26N2O/c1-16(21(24)23-19-10-6-3-7-11-19)22-20-14-12-18(13-15-20)17-8-4-2-5-9-17/h2,4-5,8-9,12-16,19,22H,3,6-7,10-11H2,1H3,(H,23,24). The Morgan fingerprint density at radius 1 is 0.917 bits per heavy atom. The van der Waals surface area contributed by atoms with E-state index in [2.05, 4.69) is 34.9 Å². The van der Waals surface area contributed by atoms with Crippen LogP contribution in [0, 0.1) is 0 Å². The zero-order valence-corrected chi connectivity index (χ0v) is 14.3. The number of rotatable bonds is 5. The summed E-state index contributed by atoms with van der Waals surface area (Å²) in [6.07, 6.45) is 5.99. The summed E-state index contributed by atoms with van der Waals surface area (Å²) in [5.74, 6) is 0.0917. The quantitative estimate of drug-likeness (QED) is 0.844. The molecular formula is C21H26N2O. The lowest BCUT2D eigenvalue weighted by Gasteiger charge is -2.25. The summed E-state index contributed by atoms with van der Waals surface area (Å²) >= 11 is 0. The third-order valence-corrected chi connectivity index (χ3v) is 4.72. The molecular weight excluding hydrogens is 296 g/mol. The molecule has 3 rings (SSSR count). The van der Waals surface area contributed by atoms with Gasteiger partial charge < -0.3 is 10.6 Å². The van der Waals surface area contributed by atoms with Crippen molar-refractivity contribution < 1.29 is 4.79 Å². The number of amides is 1. The molecule has 0 aromatic heterocycles. The van der Waals surface area contributed by atoms with Gasteiger partial charge in [-0.25, -0.2) is 0 Å². The van der Waals surface area contributed by atoms with Gasteiger partial charge in [-0.2, -0.15) is 0 Å². The van der Waals surface area contributed by atoms with Crippen molar-refractivity contribution in [2.75, 3.05) is 5.32 Å². The maximum Gasteiger partial charge on any atom is 0.242 e. The Balaban J connectivity index is 1.56. The first-order valence-corrected chi connectivity index (χ1v) is 8.95. The molecule has 1 unspecified atom stereocenters. The van der Waals surface area contributed by atoms with Crippen LogP contribution in [0.3, 0.4) is 0 Å². The van der Waals surface area contributed by atoms with E-state index in [1.54, 1.807) is 0 Å².